The average Bonchev–Trinajstić information content (AvgIpc) is 2.69. The zero-order valence-corrected chi connectivity index (χ0v) is 9.46. The molecular formula is C12H9FN2O3. The molecule has 18 heavy (non-hydrogen) atoms. The number of benzene rings is 1. The average molecular weight is 248 g/mol. The molecule has 0 amide bonds. The standard InChI is InChI=1S/C12H9FN2O3/c1-8-12(15(16)17)11(18-14-8)7-6-9-4-2-3-5-10(9)13/h2-7H,1H3/b7-6-. The fourth-order valence-corrected chi connectivity index (χ4v) is 1.49. The molecule has 0 N–H and O–H groups in total. The molecule has 0 bridgehead atoms. The van der Waals surface area contributed by atoms with E-state index in [0.717, 1.165) is 0 Å². The van der Waals surface area contributed by atoms with Gasteiger partial charge in [-0.25, -0.2) is 4.39 Å². The van der Waals surface area contributed by atoms with Gasteiger partial charge in [0.1, 0.15) is 5.82 Å². The summed E-state index contributed by atoms with van der Waals surface area (Å²) in [5.74, 6) is -0.409. The van der Waals surface area contributed by atoms with Gasteiger partial charge in [0, 0.05) is 5.56 Å². The van der Waals surface area contributed by atoms with Gasteiger partial charge in [-0.1, -0.05) is 23.4 Å². The van der Waals surface area contributed by atoms with Crippen molar-refractivity contribution in [3.63, 3.8) is 0 Å². The van der Waals surface area contributed by atoms with Gasteiger partial charge < -0.3 is 4.52 Å². The lowest BCUT2D eigenvalue weighted by Crippen LogP contribution is -1.90. The molecule has 0 atom stereocenters. The monoisotopic (exact) mass is 248 g/mol. The van der Waals surface area contributed by atoms with Crippen molar-refractivity contribution in [3.8, 4) is 0 Å². The second-order valence-electron chi connectivity index (χ2n) is 3.59. The lowest BCUT2D eigenvalue weighted by Gasteiger charge is -1.93. The van der Waals surface area contributed by atoms with Crippen molar-refractivity contribution >= 4 is 17.8 Å². The van der Waals surface area contributed by atoms with Gasteiger partial charge in [0.2, 0.25) is 5.76 Å². The van der Waals surface area contributed by atoms with Gasteiger partial charge in [-0.3, -0.25) is 10.1 Å². The lowest BCUT2D eigenvalue weighted by atomic mass is 10.2. The number of hydrogen-bond acceptors (Lipinski definition) is 4. The molecule has 0 spiro atoms. The quantitative estimate of drug-likeness (QED) is 0.617. The highest BCUT2D eigenvalue weighted by Gasteiger charge is 2.21. The molecule has 1 heterocycles. The summed E-state index contributed by atoms with van der Waals surface area (Å²) >= 11 is 0. The highest BCUT2D eigenvalue weighted by molar-refractivity contribution is 5.71. The van der Waals surface area contributed by atoms with Crippen LogP contribution in [-0.4, -0.2) is 10.1 Å². The van der Waals surface area contributed by atoms with E-state index in [2.05, 4.69) is 5.16 Å². The maximum absolute atomic E-state index is 13.3. The first-order chi connectivity index (χ1) is 8.59. The number of aromatic nitrogens is 1. The zero-order chi connectivity index (χ0) is 13.1. The molecule has 1 aromatic carbocycles. The van der Waals surface area contributed by atoms with Gasteiger partial charge in [0.25, 0.3) is 0 Å². The Bertz CT molecular complexity index is 620. The molecule has 6 heteroatoms. The summed E-state index contributed by atoms with van der Waals surface area (Å²) in [7, 11) is 0. The number of rotatable bonds is 3. The van der Waals surface area contributed by atoms with Crippen LogP contribution >= 0.6 is 0 Å². The third-order valence-electron chi connectivity index (χ3n) is 2.36. The highest BCUT2D eigenvalue weighted by atomic mass is 19.1. The van der Waals surface area contributed by atoms with Crippen molar-refractivity contribution in [3.05, 3.63) is 57.2 Å². The van der Waals surface area contributed by atoms with Crippen molar-refractivity contribution in [2.45, 2.75) is 6.92 Å². The van der Waals surface area contributed by atoms with Crippen LogP contribution in [0.2, 0.25) is 0 Å². The number of aryl methyl sites for hydroxylation is 1. The maximum atomic E-state index is 13.3. The first-order valence-corrected chi connectivity index (χ1v) is 5.13. The predicted octanol–water partition coefficient (Wildman–Crippen LogP) is 3.20. The molecule has 0 saturated carbocycles. The number of hydrogen-bond donors (Lipinski definition) is 0. The molecule has 0 aliphatic carbocycles. The number of nitrogens with zero attached hydrogens (tertiary/aromatic N) is 2. The van der Waals surface area contributed by atoms with Crippen LogP contribution in [0.15, 0.2) is 28.8 Å². The van der Waals surface area contributed by atoms with E-state index in [1.54, 1.807) is 18.2 Å². The Morgan fingerprint density at radius 3 is 2.78 bits per heavy atom. The van der Waals surface area contributed by atoms with Crippen LogP contribution in [0.1, 0.15) is 17.0 Å². The molecule has 92 valence electrons. The summed E-state index contributed by atoms with van der Waals surface area (Å²) in [5, 5.41) is 14.3. The molecule has 0 aliphatic rings. The second kappa shape index (κ2) is 4.79. The maximum Gasteiger partial charge on any atom is 0.338 e. The molecule has 2 rings (SSSR count). The van der Waals surface area contributed by atoms with Crippen molar-refractivity contribution in [1.82, 2.24) is 5.16 Å². The molecule has 5 nitrogen and oxygen atoms in total. The zero-order valence-electron chi connectivity index (χ0n) is 9.46. The lowest BCUT2D eigenvalue weighted by molar-refractivity contribution is -0.386. The van der Waals surface area contributed by atoms with E-state index < -0.39 is 10.7 Å². The van der Waals surface area contributed by atoms with E-state index in [1.165, 1.54) is 25.1 Å². The minimum atomic E-state index is -0.577. The normalized spacial score (nSPS) is 11.0. The Balaban J connectivity index is 2.36. The van der Waals surface area contributed by atoms with Crippen molar-refractivity contribution < 1.29 is 13.8 Å². The Hall–Kier alpha value is -2.50. The highest BCUT2D eigenvalue weighted by Crippen LogP contribution is 2.24. The van der Waals surface area contributed by atoms with Crippen LogP contribution < -0.4 is 0 Å². The van der Waals surface area contributed by atoms with E-state index in [4.69, 9.17) is 4.52 Å². The van der Waals surface area contributed by atoms with Crippen molar-refractivity contribution in [2.75, 3.05) is 0 Å². The first-order valence-electron chi connectivity index (χ1n) is 5.13. The molecule has 0 aliphatic heterocycles. The molecule has 0 radical (unpaired) electrons. The van der Waals surface area contributed by atoms with E-state index in [-0.39, 0.29) is 17.1 Å². The number of halogens is 1. The van der Waals surface area contributed by atoms with Crippen molar-refractivity contribution in [1.29, 1.82) is 0 Å². The largest absolute Gasteiger partial charge is 0.349 e. The van der Waals surface area contributed by atoms with Crippen LogP contribution in [0.5, 0.6) is 0 Å². The van der Waals surface area contributed by atoms with E-state index in [1.807, 2.05) is 0 Å². The smallest absolute Gasteiger partial charge is 0.338 e. The van der Waals surface area contributed by atoms with Crippen LogP contribution in [0.25, 0.3) is 12.2 Å². The third-order valence-corrected chi connectivity index (χ3v) is 2.36. The molecular weight excluding hydrogens is 239 g/mol. The Morgan fingerprint density at radius 1 is 1.39 bits per heavy atom. The molecule has 0 saturated heterocycles. The molecule has 0 unspecified atom stereocenters. The van der Waals surface area contributed by atoms with Gasteiger partial charge in [-0.2, -0.15) is 0 Å². The van der Waals surface area contributed by atoms with E-state index in [9.17, 15) is 14.5 Å². The van der Waals surface area contributed by atoms with Gasteiger partial charge in [-0.15, -0.1) is 0 Å². The Labute approximate surface area is 102 Å². The second-order valence-corrected chi connectivity index (χ2v) is 3.59. The molecule has 1 aromatic heterocycles. The number of nitro groups is 1. The van der Waals surface area contributed by atoms with E-state index >= 15 is 0 Å². The summed E-state index contributed by atoms with van der Waals surface area (Å²) in [5.41, 5.74) is 0.302. The van der Waals surface area contributed by atoms with Gasteiger partial charge in [0.05, 0.1) is 4.92 Å². The minimum Gasteiger partial charge on any atom is -0.349 e. The third kappa shape index (κ3) is 2.27. The minimum absolute atomic E-state index is 0.000697. The predicted molar refractivity (Wildman–Crippen MR) is 63.2 cm³/mol. The summed E-state index contributed by atoms with van der Waals surface area (Å²) < 4.78 is 18.1. The topological polar surface area (TPSA) is 69.2 Å². The molecule has 0 fully saturated rings. The SMILES string of the molecule is Cc1noc(/C=C\c2ccccc2F)c1[N+](=O)[O-]. The van der Waals surface area contributed by atoms with Crippen LogP contribution in [0, 0.1) is 22.9 Å². The van der Waals surface area contributed by atoms with Crippen LogP contribution in [-0.2, 0) is 0 Å². The summed E-state index contributed by atoms with van der Waals surface area (Å²) in [6, 6.07) is 6.09. The first kappa shape index (κ1) is 12.0. The molecule has 2 aromatic rings. The van der Waals surface area contributed by atoms with E-state index in [0.29, 0.717) is 5.56 Å². The fraction of sp³-hybridized carbons (Fsp3) is 0.0833. The van der Waals surface area contributed by atoms with Crippen molar-refractivity contribution in [2.24, 2.45) is 0 Å². The summed E-state index contributed by atoms with van der Waals surface area (Å²) in [4.78, 5) is 10.2. The Kier molecular flexibility index (Phi) is 3.18. The summed E-state index contributed by atoms with van der Waals surface area (Å²) in [6.45, 7) is 1.47. The van der Waals surface area contributed by atoms with Gasteiger partial charge >= 0.3 is 5.69 Å². The summed E-state index contributed by atoms with van der Waals surface area (Å²) in [6.07, 6.45) is 2.73. The van der Waals surface area contributed by atoms with Crippen LogP contribution in [0.3, 0.4) is 0 Å². The van der Waals surface area contributed by atoms with Gasteiger partial charge in [0.15, 0.2) is 5.69 Å². The Morgan fingerprint density at radius 2 is 2.11 bits per heavy atom. The fourth-order valence-electron chi connectivity index (χ4n) is 1.49. The van der Waals surface area contributed by atoms with Crippen LogP contribution in [0.4, 0.5) is 10.1 Å². The van der Waals surface area contributed by atoms with Gasteiger partial charge in [-0.05, 0) is 25.1 Å².